The van der Waals surface area contributed by atoms with Crippen LogP contribution in [0.1, 0.15) is 63.5 Å². The van der Waals surface area contributed by atoms with Gasteiger partial charge in [0.1, 0.15) is 0 Å². The fraction of sp³-hybridized carbons (Fsp3) is 0.500. The molecular weight excluding hydrogens is 400 g/mol. The lowest BCUT2D eigenvalue weighted by Crippen LogP contribution is -2.36. The molecule has 0 radical (unpaired) electrons. The Morgan fingerprint density at radius 1 is 0.625 bits per heavy atom. The van der Waals surface area contributed by atoms with Crippen LogP contribution in [0, 0.1) is 11.8 Å². The van der Waals surface area contributed by atoms with Gasteiger partial charge in [0.05, 0.1) is 25.0 Å². The lowest BCUT2D eigenvalue weighted by Gasteiger charge is -2.25. The number of carbonyl (C=O) groups excluding carboxylic acids is 2. The molecule has 2 atom stereocenters. The summed E-state index contributed by atoms with van der Waals surface area (Å²) < 4.78 is 11.3. The summed E-state index contributed by atoms with van der Waals surface area (Å²) in [7, 11) is 0. The summed E-state index contributed by atoms with van der Waals surface area (Å²) in [5, 5.41) is 0. The van der Waals surface area contributed by atoms with Gasteiger partial charge >= 0.3 is 11.9 Å². The Morgan fingerprint density at radius 2 is 1.00 bits per heavy atom. The minimum atomic E-state index is -0.585. The molecule has 0 aliphatic heterocycles. The normalized spacial score (nSPS) is 12.7. The standard InChI is InChI=1S/C28H38O4/c1-3-5-13-19-31-27(29)25(21-23-15-9-7-10-16-23)26(22-24-17-11-8-12-18-24)28(30)32-20-14-6-4-2/h7-12,15-18,25-26H,3-6,13-14,19-22H2,1-2H3. The van der Waals surface area contributed by atoms with Crippen LogP contribution < -0.4 is 0 Å². The highest BCUT2D eigenvalue weighted by atomic mass is 16.5. The number of hydrogen-bond donors (Lipinski definition) is 0. The van der Waals surface area contributed by atoms with Crippen LogP contribution in [0.5, 0.6) is 0 Å². The van der Waals surface area contributed by atoms with E-state index in [4.69, 9.17) is 9.47 Å². The molecule has 174 valence electrons. The average Bonchev–Trinajstić information content (AvgIpc) is 2.83. The van der Waals surface area contributed by atoms with Crippen LogP contribution in [-0.2, 0) is 31.9 Å². The number of ether oxygens (including phenoxy) is 2. The molecular formula is C28H38O4. The monoisotopic (exact) mass is 438 g/mol. The smallest absolute Gasteiger partial charge is 0.310 e. The van der Waals surface area contributed by atoms with Crippen molar-refractivity contribution >= 4 is 11.9 Å². The molecule has 0 N–H and O–H groups in total. The van der Waals surface area contributed by atoms with E-state index in [2.05, 4.69) is 13.8 Å². The first kappa shape index (κ1) is 25.6. The highest BCUT2D eigenvalue weighted by Crippen LogP contribution is 2.25. The Bertz CT molecular complexity index is 705. The molecule has 4 heteroatoms. The van der Waals surface area contributed by atoms with Crippen molar-refractivity contribution in [3.05, 3.63) is 71.8 Å². The quantitative estimate of drug-likeness (QED) is 0.246. The lowest BCUT2D eigenvalue weighted by atomic mass is 9.82. The number of unbranched alkanes of at least 4 members (excludes halogenated alkanes) is 4. The predicted octanol–water partition coefficient (Wildman–Crippen LogP) is 6.17. The zero-order chi connectivity index (χ0) is 23.0. The summed E-state index contributed by atoms with van der Waals surface area (Å²) in [6.07, 6.45) is 6.74. The predicted molar refractivity (Wildman–Crippen MR) is 128 cm³/mol. The second-order valence-electron chi connectivity index (χ2n) is 8.34. The van der Waals surface area contributed by atoms with Gasteiger partial charge < -0.3 is 9.47 Å². The minimum Gasteiger partial charge on any atom is -0.465 e. The maximum Gasteiger partial charge on any atom is 0.310 e. The molecule has 0 aliphatic carbocycles. The van der Waals surface area contributed by atoms with Gasteiger partial charge in [-0.15, -0.1) is 0 Å². The van der Waals surface area contributed by atoms with Gasteiger partial charge in [0, 0.05) is 0 Å². The molecule has 0 spiro atoms. The van der Waals surface area contributed by atoms with Gasteiger partial charge in [-0.3, -0.25) is 9.59 Å². The molecule has 0 saturated carbocycles. The Morgan fingerprint density at radius 3 is 1.34 bits per heavy atom. The Balaban J connectivity index is 2.23. The number of esters is 2. The molecule has 2 aromatic rings. The lowest BCUT2D eigenvalue weighted by molar-refractivity contribution is -0.161. The van der Waals surface area contributed by atoms with E-state index in [0.29, 0.717) is 26.1 Å². The van der Waals surface area contributed by atoms with Crippen molar-refractivity contribution in [3.63, 3.8) is 0 Å². The van der Waals surface area contributed by atoms with E-state index in [1.807, 2.05) is 60.7 Å². The molecule has 0 bridgehead atoms. The van der Waals surface area contributed by atoms with E-state index in [1.165, 1.54) is 0 Å². The Hall–Kier alpha value is -2.62. The second-order valence-corrected chi connectivity index (χ2v) is 8.34. The highest BCUT2D eigenvalue weighted by Gasteiger charge is 2.36. The van der Waals surface area contributed by atoms with Crippen molar-refractivity contribution in [2.45, 2.75) is 65.2 Å². The van der Waals surface area contributed by atoms with Crippen molar-refractivity contribution < 1.29 is 19.1 Å². The Kier molecular flexibility index (Phi) is 12.2. The highest BCUT2D eigenvalue weighted by molar-refractivity contribution is 5.82. The largest absolute Gasteiger partial charge is 0.465 e. The summed E-state index contributed by atoms with van der Waals surface area (Å²) in [5.41, 5.74) is 2.03. The molecule has 2 aromatic carbocycles. The molecule has 0 amide bonds. The molecule has 2 unspecified atom stereocenters. The summed E-state index contributed by atoms with van der Waals surface area (Å²) in [6.45, 7) is 5.01. The molecule has 0 fully saturated rings. The van der Waals surface area contributed by atoms with Gasteiger partial charge in [-0.2, -0.15) is 0 Å². The van der Waals surface area contributed by atoms with Crippen LogP contribution in [0.15, 0.2) is 60.7 Å². The molecule has 0 saturated heterocycles. The molecule has 0 aliphatic rings. The first-order valence-electron chi connectivity index (χ1n) is 12.1. The number of hydrogen-bond acceptors (Lipinski definition) is 4. The SMILES string of the molecule is CCCCCOC(=O)C(Cc1ccccc1)C(Cc1ccccc1)C(=O)OCCCCC. The maximum atomic E-state index is 13.2. The zero-order valence-electron chi connectivity index (χ0n) is 19.6. The third-order valence-electron chi connectivity index (χ3n) is 5.67. The topological polar surface area (TPSA) is 52.6 Å². The fourth-order valence-electron chi connectivity index (χ4n) is 3.78. The Labute approximate surface area is 193 Å². The van der Waals surface area contributed by atoms with Crippen LogP contribution in [0.2, 0.25) is 0 Å². The molecule has 0 heterocycles. The average molecular weight is 439 g/mol. The van der Waals surface area contributed by atoms with Gasteiger partial charge in [-0.1, -0.05) is 100 Å². The van der Waals surface area contributed by atoms with Gasteiger partial charge in [0.15, 0.2) is 0 Å². The third-order valence-corrected chi connectivity index (χ3v) is 5.67. The maximum absolute atomic E-state index is 13.2. The van der Waals surface area contributed by atoms with Crippen LogP contribution in [-0.4, -0.2) is 25.2 Å². The van der Waals surface area contributed by atoms with E-state index < -0.39 is 11.8 Å². The van der Waals surface area contributed by atoms with E-state index in [1.54, 1.807) is 0 Å². The van der Waals surface area contributed by atoms with E-state index in [-0.39, 0.29) is 11.9 Å². The summed E-state index contributed by atoms with van der Waals surface area (Å²) >= 11 is 0. The van der Waals surface area contributed by atoms with Crippen molar-refractivity contribution in [2.75, 3.05) is 13.2 Å². The van der Waals surface area contributed by atoms with Crippen LogP contribution in [0.4, 0.5) is 0 Å². The van der Waals surface area contributed by atoms with Gasteiger partial charge in [-0.25, -0.2) is 0 Å². The van der Waals surface area contributed by atoms with E-state index in [9.17, 15) is 9.59 Å². The summed E-state index contributed by atoms with van der Waals surface area (Å²) in [4.78, 5) is 26.4. The molecule has 0 aromatic heterocycles. The zero-order valence-corrected chi connectivity index (χ0v) is 19.6. The van der Waals surface area contributed by atoms with Gasteiger partial charge in [0.25, 0.3) is 0 Å². The van der Waals surface area contributed by atoms with E-state index >= 15 is 0 Å². The number of rotatable bonds is 15. The van der Waals surface area contributed by atoms with E-state index in [0.717, 1.165) is 49.7 Å². The van der Waals surface area contributed by atoms with Crippen molar-refractivity contribution in [1.29, 1.82) is 0 Å². The summed E-state index contributed by atoms with van der Waals surface area (Å²) in [5.74, 6) is -1.79. The first-order chi connectivity index (χ1) is 15.7. The van der Waals surface area contributed by atoms with Crippen molar-refractivity contribution in [3.8, 4) is 0 Å². The molecule has 32 heavy (non-hydrogen) atoms. The first-order valence-corrected chi connectivity index (χ1v) is 12.1. The summed E-state index contributed by atoms with van der Waals surface area (Å²) in [6, 6.07) is 19.7. The van der Waals surface area contributed by atoms with Crippen LogP contribution in [0.25, 0.3) is 0 Å². The number of benzene rings is 2. The van der Waals surface area contributed by atoms with Crippen LogP contribution >= 0.6 is 0 Å². The van der Waals surface area contributed by atoms with Gasteiger partial charge in [0.2, 0.25) is 0 Å². The van der Waals surface area contributed by atoms with Gasteiger partial charge in [-0.05, 0) is 36.8 Å². The fourth-order valence-corrected chi connectivity index (χ4v) is 3.78. The molecule has 4 nitrogen and oxygen atoms in total. The molecule has 2 rings (SSSR count). The number of carbonyl (C=O) groups is 2. The second kappa shape index (κ2) is 15.2. The van der Waals surface area contributed by atoms with Crippen molar-refractivity contribution in [2.24, 2.45) is 11.8 Å². The minimum absolute atomic E-state index is 0.309. The van der Waals surface area contributed by atoms with Crippen LogP contribution in [0.3, 0.4) is 0 Å². The third kappa shape index (κ3) is 9.25. The van der Waals surface area contributed by atoms with Crippen molar-refractivity contribution in [1.82, 2.24) is 0 Å².